The molecule has 0 unspecified atom stereocenters. The van der Waals surface area contributed by atoms with Crippen LogP contribution in [0.25, 0.3) is 10.9 Å². The molecule has 38 heavy (non-hydrogen) atoms. The lowest BCUT2D eigenvalue weighted by atomic mass is 10.1. The number of hydrogen-bond donors (Lipinski definition) is 2. The molecule has 2 amide bonds. The number of carbonyl (C=O) groups is 3. The smallest absolute Gasteiger partial charge is 0.262 e. The number of aromatic nitrogens is 1. The molecule has 0 aliphatic rings. The van der Waals surface area contributed by atoms with E-state index in [9.17, 15) is 14.4 Å². The van der Waals surface area contributed by atoms with E-state index in [4.69, 9.17) is 21.1 Å². The maximum Gasteiger partial charge on any atom is 0.262 e. The minimum atomic E-state index is -0.202. The van der Waals surface area contributed by atoms with Gasteiger partial charge in [0.1, 0.15) is 5.75 Å². The van der Waals surface area contributed by atoms with Crippen molar-refractivity contribution in [2.24, 2.45) is 0 Å². The summed E-state index contributed by atoms with van der Waals surface area (Å²) >= 11 is 5.99. The van der Waals surface area contributed by atoms with Crippen molar-refractivity contribution in [1.82, 2.24) is 15.2 Å². The Labute approximate surface area is 228 Å². The van der Waals surface area contributed by atoms with Crippen molar-refractivity contribution in [2.45, 2.75) is 46.0 Å². The van der Waals surface area contributed by atoms with Crippen molar-refractivity contribution in [3.63, 3.8) is 0 Å². The highest BCUT2D eigenvalue weighted by Crippen LogP contribution is 2.30. The molecule has 0 aliphatic heterocycles. The molecule has 9 heteroatoms. The van der Waals surface area contributed by atoms with Crippen molar-refractivity contribution in [3.05, 3.63) is 64.3 Å². The molecule has 204 valence electrons. The van der Waals surface area contributed by atoms with Gasteiger partial charge in [-0.15, -0.1) is 0 Å². The first-order valence-electron chi connectivity index (χ1n) is 12.9. The molecule has 0 saturated carbocycles. The number of unbranched alkanes of at least 4 members (excludes halogenated alkanes) is 2. The number of nitrogens with one attached hydrogen (secondary N) is 2. The van der Waals surface area contributed by atoms with E-state index in [2.05, 4.69) is 17.6 Å². The van der Waals surface area contributed by atoms with E-state index < -0.39 is 0 Å². The average molecular weight is 542 g/mol. The van der Waals surface area contributed by atoms with E-state index in [-0.39, 0.29) is 24.1 Å². The fraction of sp³-hybridized carbons (Fsp3) is 0.414. The molecule has 3 aromatic rings. The van der Waals surface area contributed by atoms with E-state index in [0.29, 0.717) is 60.3 Å². The van der Waals surface area contributed by atoms with Crippen molar-refractivity contribution >= 4 is 40.2 Å². The summed E-state index contributed by atoms with van der Waals surface area (Å²) in [6, 6.07) is 12.2. The van der Waals surface area contributed by atoms with Gasteiger partial charge < -0.3 is 20.1 Å². The summed E-state index contributed by atoms with van der Waals surface area (Å²) in [7, 11) is 1.58. The summed E-state index contributed by atoms with van der Waals surface area (Å²) in [5.41, 5.74) is 2.64. The molecule has 0 aliphatic carbocycles. The zero-order chi connectivity index (χ0) is 27.5. The lowest BCUT2D eigenvalue weighted by Gasteiger charge is -2.09. The third kappa shape index (κ3) is 7.82. The van der Waals surface area contributed by atoms with Crippen LogP contribution in [-0.4, -0.2) is 55.7 Å². The Hall–Kier alpha value is -3.36. The molecule has 2 aromatic carbocycles. The van der Waals surface area contributed by atoms with Crippen molar-refractivity contribution in [1.29, 1.82) is 0 Å². The van der Waals surface area contributed by atoms with Crippen LogP contribution in [0.3, 0.4) is 0 Å². The van der Waals surface area contributed by atoms with E-state index >= 15 is 0 Å². The maximum absolute atomic E-state index is 13.4. The molecule has 0 fully saturated rings. The predicted octanol–water partition coefficient (Wildman–Crippen LogP) is 4.67. The van der Waals surface area contributed by atoms with E-state index in [1.807, 2.05) is 19.1 Å². The molecule has 0 spiro atoms. The van der Waals surface area contributed by atoms with Crippen LogP contribution in [0.4, 0.5) is 0 Å². The lowest BCUT2D eigenvalue weighted by molar-refractivity contribution is -0.121. The largest absolute Gasteiger partial charge is 0.497 e. The molecule has 8 nitrogen and oxygen atoms in total. The number of amides is 2. The first-order valence-corrected chi connectivity index (χ1v) is 13.3. The number of rotatable bonds is 14. The highest BCUT2D eigenvalue weighted by molar-refractivity contribution is 6.30. The number of hydrogen-bond acceptors (Lipinski definition) is 5. The quantitative estimate of drug-likeness (QED) is 0.289. The van der Waals surface area contributed by atoms with E-state index in [0.717, 1.165) is 30.2 Å². The van der Waals surface area contributed by atoms with Gasteiger partial charge in [0.05, 0.1) is 32.3 Å². The summed E-state index contributed by atoms with van der Waals surface area (Å²) in [6.45, 7) is 5.44. The van der Waals surface area contributed by atoms with Gasteiger partial charge in [0, 0.05) is 41.2 Å². The summed E-state index contributed by atoms with van der Waals surface area (Å²) in [5.74, 6) is 0.297. The Morgan fingerprint density at radius 1 is 0.947 bits per heavy atom. The van der Waals surface area contributed by atoms with Crippen LogP contribution in [0, 0.1) is 6.92 Å². The summed E-state index contributed by atoms with van der Waals surface area (Å²) in [4.78, 5) is 37.9. The van der Waals surface area contributed by atoms with Crippen molar-refractivity contribution in [2.75, 3.05) is 33.4 Å². The van der Waals surface area contributed by atoms with Crippen LogP contribution in [0.2, 0.25) is 5.02 Å². The zero-order valence-corrected chi connectivity index (χ0v) is 23.0. The summed E-state index contributed by atoms with van der Waals surface area (Å²) < 4.78 is 12.5. The second-order valence-electron chi connectivity index (χ2n) is 9.04. The Morgan fingerprint density at radius 3 is 2.29 bits per heavy atom. The fourth-order valence-corrected chi connectivity index (χ4v) is 4.40. The van der Waals surface area contributed by atoms with E-state index in [1.165, 1.54) is 0 Å². The number of nitrogens with zero attached hydrogens (tertiary/aromatic N) is 1. The number of benzene rings is 2. The molecule has 0 bridgehead atoms. The number of carbonyl (C=O) groups excluding carboxylic acids is 3. The Balaban J connectivity index is 1.59. The third-order valence-corrected chi connectivity index (χ3v) is 6.57. The van der Waals surface area contributed by atoms with Crippen molar-refractivity contribution in [3.8, 4) is 5.75 Å². The number of halogens is 1. The molecule has 1 heterocycles. The van der Waals surface area contributed by atoms with Crippen LogP contribution >= 0.6 is 11.6 Å². The van der Waals surface area contributed by atoms with Crippen LogP contribution in [0.15, 0.2) is 42.5 Å². The van der Waals surface area contributed by atoms with Gasteiger partial charge in [-0.3, -0.25) is 19.0 Å². The molecular weight excluding hydrogens is 506 g/mol. The predicted molar refractivity (Wildman–Crippen MR) is 149 cm³/mol. The van der Waals surface area contributed by atoms with Gasteiger partial charge in [0.2, 0.25) is 11.8 Å². The van der Waals surface area contributed by atoms with Gasteiger partial charge in [-0.25, -0.2) is 0 Å². The second kappa shape index (κ2) is 14.5. The van der Waals surface area contributed by atoms with Crippen LogP contribution in [0.1, 0.15) is 54.2 Å². The first kappa shape index (κ1) is 29.2. The van der Waals surface area contributed by atoms with Gasteiger partial charge in [0.15, 0.2) is 0 Å². The number of ether oxygens (including phenoxy) is 2. The Kier molecular flexibility index (Phi) is 11.2. The van der Waals surface area contributed by atoms with Crippen LogP contribution in [-0.2, 0) is 20.7 Å². The van der Waals surface area contributed by atoms with Crippen LogP contribution < -0.4 is 15.4 Å². The first-order chi connectivity index (χ1) is 18.3. The molecule has 0 radical (unpaired) electrons. The zero-order valence-electron chi connectivity index (χ0n) is 22.3. The Bertz CT molecular complexity index is 1250. The fourth-order valence-electron chi connectivity index (χ4n) is 4.27. The lowest BCUT2D eigenvalue weighted by Crippen LogP contribution is -2.31. The van der Waals surface area contributed by atoms with Gasteiger partial charge in [0.25, 0.3) is 5.91 Å². The van der Waals surface area contributed by atoms with Gasteiger partial charge in [-0.1, -0.05) is 31.4 Å². The highest BCUT2D eigenvalue weighted by Gasteiger charge is 2.22. The van der Waals surface area contributed by atoms with Crippen LogP contribution in [0.5, 0.6) is 5.75 Å². The van der Waals surface area contributed by atoms with Gasteiger partial charge in [-0.2, -0.15) is 0 Å². The third-order valence-electron chi connectivity index (χ3n) is 6.32. The SMILES string of the molecule is CCCCCC(=O)NCCOCCNC(=O)Cc1c(C)n(C(=O)c2ccc(Cl)cc2)c2ccc(OC)cc12. The topological polar surface area (TPSA) is 98.7 Å². The minimum absolute atomic E-state index is 0.0380. The molecular formula is C29H36ClN3O5. The highest BCUT2D eigenvalue weighted by atomic mass is 35.5. The molecule has 0 saturated heterocycles. The van der Waals surface area contributed by atoms with Gasteiger partial charge in [-0.05, 0) is 61.4 Å². The van der Waals surface area contributed by atoms with Crippen molar-refractivity contribution < 1.29 is 23.9 Å². The number of fused-ring (bicyclic) bond motifs is 1. The van der Waals surface area contributed by atoms with Gasteiger partial charge >= 0.3 is 0 Å². The maximum atomic E-state index is 13.4. The molecule has 3 rings (SSSR count). The molecule has 2 N–H and O–H groups in total. The number of methoxy groups -OCH3 is 1. The minimum Gasteiger partial charge on any atom is -0.497 e. The monoisotopic (exact) mass is 541 g/mol. The Morgan fingerprint density at radius 2 is 1.63 bits per heavy atom. The molecule has 1 aromatic heterocycles. The van der Waals surface area contributed by atoms with E-state index in [1.54, 1.807) is 42.0 Å². The standard InChI is InChI=1S/C29H36ClN3O5/c1-4-5-6-7-27(34)31-14-16-38-17-15-32-28(35)19-24-20(2)33(26-13-12-23(37-3)18-25(24)26)29(36)21-8-10-22(30)11-9-21/h8-13,18H,4-7,14-17,19H2,1-3H3,(H,31,34)(H,32,35). The summed E-state index contributed by atoms with van der Waals surface area (Å²) in [6.07, 6.45) is 3.67. The molecule has 0 atom stereocenters. The summed E-state index contributed by atoms with van der Waals surface area (Å²) in [5, 5.41) is 7.04. The second-order valence-corrected chi connectivity index (χ2v) is 9.48. The normalized spacial score (nSPS) is 10.9. The average Bonchev–Trinajstić information content (AvgIpc) is 3.18.